The summed E-state index contributed by atoms with van der Waals surface area (Å²) in [4.78, 5) is 10.5. The highest BCUT2D eigenvalue weighted by Crippen LogP contribution is 2.47. The second kappa shape index (κ2) is 9.06. The lowest BCUT2D eigenvalue weighted by Gasteiger charge is -2.33. The summed E-state index contributed by atoms with van der Waals surface area (Å²) in [5.74, 6) is -0.472. The maximum Gasteiger partial charge on any atom is 0.425 e. The maximum atomic E-state index is 14.7. The van der Waals surface area contributed by atoms with Crippen LogP contribution in [-0.2, 0) is 19.9 Å². The molecule has 4 aromatic carbocycles. The highest BCUT2D eigenvalue weighted by atomic mass is 32.2. The van der Waals surface area contributed by atoms with Gasteiger partial charge in [0, 0.05) is 16.3 Å². The van der Waals surface area contributed by atoms with E-state index >= 15 is 0 Å². The first-order chi connectivity index (χ1) is 18.3. The molecule has 1 aromatic heterocycles. The zero-order valence-electron chi connectivity index (χ0n) is 19.6. The summed E-state index contributed by atoms with van der Waals surface area (Å²) in [5, 5.41) is 15.3. The molecule has 39 heavy (non-hydrogen) atoms. The van der Waals surface area contributed by atoms with Crippen molar-refractivity contribution in [1.29, 1.82) is 0 Å². The van der Waals surface area contributed by atoms with E-state index in [0.29, 0.717) is 11.2 Å². The average molecular weight is 559 g/mol. The normalized spacial score (nSPS) is 13.9. The van der Waals surface area contributed by atoms with Gasteiger partial charge in [-0.05, 0) is 53.4 Å². The molecule has 5 aromatic rings. The number of aliphatic hydroxyl groups is 1. The number of rotatable bonds is 5. The molecule has 1 amide bonds. The van der Waals surface area contributed by atoms with Crippen LogP contribution in [0.4, 0.5) is 22.4 Å². The topological polar surface area (TPSA) is 125 Å². The minimum Gasteiger partial charge on any atom is -0.372 e. The number of aromatic nitrogens is 2. The molecular formula is C26H17F4N3O5S. The minimum absolute atomic E-state index is 0.232. The second-order valence-electron chi connectivity index (χ2n) is 8.53. The molecule has 8 nitrogen and oxygen atoms in total. The summed E-state index contributed by atoms with van der Waals surface area (Å²) in [6.45, 7) is 0. The molecular weight excluding hydrogens is 542 g/mol. The van der Waals surface area contributed by atoms with Crippen molar-refractivity contribution in [3.8, 4) is 5.69 Å². The third kappa shape index (κ3) is 4.34. The molecule has 0 saturated carbocycles. The van der Waals surface area contributed by atoms with Crippen LogP contribution in [0, 0.1) is 5.82 Å². The molecule has 0 bridgehead atoms. The highest BCUT2D eigenvalue weighted by Gasteiger charge is 2.57. The first kappa shape index (κ1) is 26.1. The van der Waals surface area contributed by atoms with E-state index in [2.05, 4.69) is 9.28 Å². The predicted octanol–water partition coefficient (Wildman–Crippen LogP) is 4.90. The molecule has 0 aliphatic heterocycles. The van der Waals surface area contributed by atoms with Crippen LogP contribution in [0.2, 0.25) is 0 Å². The lowest BCUT2D eigenvalue weighted by Crippen LogP contribution is -2.43. The van der Waals surface area contributed by atoms with Crippen molar-refractivity contribution in [2.24, 2.45) is 5.73 Å². The summed E-state index contributed by atoms with van der Waals surface area (Å²) >= 11 is 0. The van der Waals surface area contributed by atoms with Gasteiger partial charge < -0.3 is 15.0 Å². The fraction of sp³-hybridized carbons (Fsp3) is 0.0769. The molecule has 200 valence electrons. The largest absolute Gasteiger partial charge is 0.425 e. The van der Waals surface area contributed by atoms with Gasteiger partial charge in [-0.25, -0.2) is 13.9 Å². The molecule has 1 atom stereocenters. The van der Waals surface area contributed by atoms with Crippen molar-refractivity contribution in [2.45, 2.75) is 16.7 Å². The number of nitrogens with two attached hydrogens (primary N) is 1. The first-order valence-corrected chi connectivity index (χ1v) is 12.5. The Morgan fingerprint density at radius 3 is 2.26 bits per heavy atom. The molecule has 1 heterocycles. The maximum absolute atomic E-state index is 14.7. The van der Waals surface area contributed by atoms with Gasteiger partial charge in [0.1, 0.15) is 10.7 Å². The van der Waals surface area contributed by atoms with Crippen LogP contribution in [0.5, 0.6) is 0 Å². The third-order valence-corrected chi connectivity index (χ3v) is 7.48. The Labute approximate surface area is 218 Å². The number of alkyl halides is 3. The smallest absolute Gasteiger partial charge is 0.372 e. The van der Waals surface area contributed by atoms with E-state index in [9.17, 15) is 35.9 Å². The Bertz CT molecular complexity index is 1850. The van der Waals surface area contributed by atoms with E-state index in [1.165, 1.54) is 65.5 Å². The molecule has 0 radical (unpaired) electrons. The fourth-order valence-corrected chi connectivity index (χ4v) is 5.46. The summed E-state index contributed by atoms with van der Waals surface area (Å²) in [6.07, 6.45) is -5.58. The number of fused-ring (bicyclic) bond motifs is 2. The third-order valence-electron chi connectivity index (χ3n) is 6.20. The van der Waals surface area contributed by atoms with E-state index in [-0.39, 0.29) is 16.2 Å². The Kier molecular flexibility index (Phi) is 6.07. The van der Waals surface area contributed by atoms with Crippen molar-refractivity contribution in [2.75, 3.05) is 0 Å². The molecule has 0 aliphatic carbocycles. The summed E-state index contributed by atoms with van der Waals surface area (Å²) < 4.78 is 88.1. The zero-order chi connectivity index (χ0) is 28.2. The van der Waals surface area contributed by atoms with Gasteiger partial charge >= 0.3 is 22.4 Å². The van der Waals surface area contributed by atoms with E-state index < -0.39 is 49.8 Å². The number of primary amides is 1. The Balaban J connectivity index is 1.72. The van der Waals surface area contributed by atoms with Crippen LogP contribution in [0.1, 0.15) is 11.1 Å². The van der Waals surface area contributed by atoms with E-state index in [0.717, 1.165) is 24.3 Å². The Hall–Kier alpha value is -4.49. The summed E-state index contributed by atoms with van der Waals surface area (Å²) in [5.41, 5.74) is 0.878. The number of benzene rings is 4. The lowest BCUT2D eigenvalue weighted by atomic mass is 9.82. The quantitative estimate of drug-likeness (QED) is 0.233. The number of hydrogen-bond donors (Lipinski definition) is 2. The van der Waals surface area contributed by atoms with Gasteiger partial charge in [-0.2, -0.15) is 26.7 Å². The molecule has 0 aliphatic rings. The molecule has 0 fully saturated rings. The fourth-order valence-electron chi connectivity index (χ4n) is 4.48. The summed E-state index contributed by atoms with van der Waals surface area (Å²) in [6, 6.07) is 15.6. The van der Waals surface area contributed by atoms with Crippen molar-refractivity contribution >= 4 is 37.9 Å². The molecule has 0 saturated heterocycles. The SMILES string of the molecule is NC(=O)OS(=O)(=O)c1ccc(C(O)(c2ccc3c(cnn3-c3ccc(F)cc3)c2)C(F)(F)F)c2ccccc12. The number of nitrogens with zero attached hydrogens (tertiary/aromatic N) is 2. The second-order valence-corrected chi connectivity index (χ2v) is 10.0. The van der Waals surface area contributed by atoms with E-state index in [1.807, 2.05) is 0 Å². The zero-order valence-corrected chi connectivity index (χ0v) is 20.4. The number of carbonyl (C=O) groups is 1. The highest BCUT2D eigenvalue weighted by molar-refractivity contribution is 7.87. The lowest BCUT2D eigenvalue weighted by molar-refractivity contribution is -0.247. The van der Waals surface area contributed by atoms with Gasteiger partial charge in [-0.1, -0.05) is 36.4 Å². The van der Waals surface area contributed by atoms with E-state index in [1.54, 1.807) is 0 Å². The van der Waals surface area contributed by atoms with Crippen molar-refractivity contribution in [3.05, 3.63) is 102 Å². The van der Waals surface area contributed by atoms with Crippen LogP contribution < -0.4 is 5.73 Å². The molecule has 0 spiro atoms. The summed E-state index contributed by atoms with van der Waals surface area (Å²) in [7, 11) is -4.78. The number of halogens is 4. The van der Waals surface area contributed by atoms with Gasteiger partial charge in [0.2, 0.25) is 5.60 Å². The Morgan fingerprint density at radius 1 is 0.949 bits per heavy atom. The molecule has 13 heteroatoms. The van der Waals surface area contributed by atoms with Crippen molar-refractivity contribution in [3.63, 3.8) is 0 Å². The van der Waals surface area contributed by atoms with Gasteiger partial charge in [-0.3, -0.25) is 0 Å². The minimum atomic E-state index is -5.26. The molecule has 3 N–H and O–H groups in total. The number of carbonyl (C=O) groups excluding carboxylic acids is 1. The monoisotopic (exact) mass is 559 g/mol. The van der Waals surface area contributed by atoms with Gasteiger partial charge in [-0.15, -0.1) is 0 Å². The van der Waals surface area contributed by atoms with Crippen LogP contribution in [-0.4, -0.2) is 35.6 Å². The standard InChI is InChI=1S/C26H17F4N3O5S/c27-17-6-8-18(9-7-17)33-22-11-5-16(13-15(22)14-32-33)25(35,26(28,29)30)21-10-12-23(39(36,37)38-24(31)34)20-4-2-1-3-19(20)21/h1-14,35H,(H2,31,34). The van der Waals surface area contributed by atoms with Gasteiger partial charge in [0.05, 0.1) is 17.4 Å². The van der Waals surface area contributed by atoms with Gasteiger partial charge in [0.25, 0.3) is 0 Å². The van der Waals surface area contributed by atoms with Crippen LogP contribution in [0.15, 0.2) is 90.0 Å². The van der Waals surface area contributed by atoms with Crippen molar-refractivity contribution in [1.82, 2.24) is 9.78 Å². The Morgan fingerprint density at radius 2 is 1.62 bits per heavy atom. The number of amides is 1. The molecule has 1 unspecified atom stereocenters. The van der Waals surface area contributed by atoms with Crippen LogP contribution in [0.25, 0.3) is 27.4 Å². The molecule has 5 rings (SSSR count). The van der Waals surface area contributed by atoms with Crippen LogP contribution in [0.3, 0.4) is 0 Å². The predicted molar refractivity (Wildman–Crippen MR) is 132 cm³/mol. The average Bonchev–Trinajstić information content (AvgIpc) is 3.30. The van der Waals surface area contributed by atoms with Gasteiger partial charge in [0.15, 0.2) is 0 Å². The van der Waals surface area contributed by atoms with Crippen molar-refractivity contribution < 1.29 is 40.1 Å². The number of hydrogen-bond acceptors (Lipinski definition) is 6. The van der Waals surface area contributed by atoms with E-state index in [4.69, 9.17) is 5.73 Å². The first-order valence-electron chi connectivity index (χ1n) is 11.1. The van der Waals surface area contributed by atoms with Crippen LogP contribution >= 0.6 is 0 Å².